The van der Waals surface area contributed by atoms with Gasteiger partial charge in [-0.25, -0.2) is 0 Å². The van der Waals surface area contributed by atoms with Gasteiger partial charge in [0.05, 0.1) is 0 Å². The summed E-state index contributed by atoms with van der Waals surface area (Å²) in [5, 5.41) is 0. The predicted octanol–water partition coefficient (Wildman–Crippen LogP) is 0.586. The van der Waals surface area contributed by atoms with Gasteiger partial charge in [0.1, 0.15) is 0 Å². The highest BCUT2D eigenvalue weighted by atomic mass is 15.1. The van der Waals surface area contributed by atoms with E-state index in [-0.39, 0.29) is 0 Å². The second-order valence-electron chi connectivity index (χ2n) is 3.80. The van der Waals surface area contributed by atoms with Crippen LogP contribution in [0, 0.1) is 0 Å². The molecule has 0 spiro atoms. The summed E-state index contributed by atoms with van der Waals surface area (Å²) in [5.41, 5.74) is 15.1. The molecule has 0 aromatic heterocycles. The molecule has 1 aliphatic heterocycles. The topological polar surface area (TPSA) is 55.3 Å². The van der Waals surface area contributed by atoms with E-state index in [2.05, 4.69) is 11.0 Å². The van der Waals surface area contributed by atoms with Crippen LogP contribution in [0.25, 0.3) is 0 Å². The molecule has 3 heteroatoms. The van der Waals surface area contributed by atoms with Gasteiger partial charge in [0.2, 0.25) is 0 Å². The number of anilines is 1. The summed E-state index contributed by atoms with van der Waals surface area (Å²) in [5.74, 6) is 0. The molecule has 0 saturated heterocycles. The molecule has 0 unspecified atom stereocenters. The summed E-state index contributed by atoms with van der Waals surface area (Å²) >= 11 is 0. The first-order chi connectivity index (χ1) is 6.81. The van der Waals surface area contributed by atoms with Crippen LogP contribution in [0.1, 0.15) is 11.1 Å². The molecule has 2 rings (SSSR count). The minimum atomic E-state index is 0.734. The standard InChI is InChI=1S/C11H17N3/c12-5-7-14-6-4-10-9(8-14)2-1-3-11(10)13/h1-3H,4-8,12-13H2. The van der Waals surface area contributed by atoms with Crippen molar-refractivity contribution in [1.29, 1.82) is 0 Å². The third-order valence-electron chi connectivity index (χ3n) is 2.83. The summed E-state index contributed by atoms with van der Waals surface area (Å²) in [6, 6.07) is 6.17. The van der Waals surface area contributed by atoms with Crippen molar-refractivity contribution >= 4 is 5.69 Å². The maximum absolute atomic E-state index is 5.92. The Hall–Kier alpha value is -1.06. The Morgan fingerprint density at radius 2 is 2.21 bits per heavy atom. The van der Waals surface area contributed by atoms with Gasteiger partial charge in [-0.05, 0) is 23.6 Å². The average Bonchev–Trinajstić information content (AvgIpc) is 2.18. The molecule has 0 fully saturated rings. The molecular weight excluding hydrogens is 174 g/mol. The second-order valence-corrected chi connectivity index (χ2v) is 3.80. The SMILES string of the molecule is NCCN1CCc2c(N)cccc2C1. The number of hydrogen-bond donors (Lipinski definition) is 2. The van der Waals surface area contributed by atoms with Crippen molar-refractivity contribution < 1.29 is 0 Å². The molecule has 14 heavy (non-hydrogen) atoms. The summed E-state index contributed by atoms with van der Waals surface area (Å²) in [4.78, 5) is 2.38. The molecule has 1 aromatic carbocycles. The Bertz CT molecular complexity index is 322. The first-order valence-electron chi connectivity index (χ1n) is 5.10. The van der Waals surface area contributed by atoms with Crippen LogP contribution in [0.15, 0.2) is 18.2 Å². The van der Waals surface area contributed by atoms with Crippen molar-refractivity contribution in [2.75, 3.05) is 25.4 Å². The van der Waals surface area contributed by atoms with Gasteiger partial charge >= 0.3 is 0 Å². The smallest absolute Gasteiger partial charge is 0.0350 e. The molecule has 0 bridgehead atoms. The van der Waals surface area contributed by atoms with E-state index in [1.807, 2.05) is 12.1 Å². The van der Waals surface area contributed by atoms with Gasteiger partial charge in [0.25, 0.3) is 0 Å². The lowest BCUT2D eigenvalue weighted by atomic mass is 9.98. The number of benzene rings is 1. The number of hydrogen-bond acceptors (Lipinski definition) is 3. The van der Waals surface area contributed by atoms with Crippen LogP contribution in [0.3, 0.4) is 0 Å². The third kappa shape index (κ3) is 1.74. The van der Waals surface area contributed by atoms with Crippen LogP contribution in [0.5, 0.6) is 0 Å². The Balaban J connectivity index is 2.18. The van der Waals surface area contributed by atoms with Crippen molar-refractivity contribution in [2.24, 2.45) is 5.73 Å². The van der Waals surface area contributed by atoms with Crippen molar-refractivity contribution in [3.05, 3.63) is 29.3 Å². The van der Waals surface area contributed by atoms with Crippen LogP contribution in [-0.2, 0) is 13.0 Å². The molecule has 0 saturated carbocycles. The lowest BCUT2D eigenvalue weighted by Gasteiger charge is -2.28. The van der Waals surface area contributed by atoms with Crippen molar-refractivity contribution in [2.45, 2.75) is 13.0 Å². The Morgan fingerprint density at radius 1 is 1.36 bits per heavy atom. The maximum atomic E-state index is 5.92. The lowest BCUT2D eigenvalue weighted by Crippen LogP contribution is -2.34. The average molecular weight is 191 g/mol. The monoisotopic (exact) mass is 191 g/mol. The van der Waals surface area contributed by atoms with E-state index in [0.717, 1.165) is 38.3 Å². The highest BCUT2D eigenvalue weighted by molar-refractivity contribution is 5.51. The molecule has 0 aliphatic carbocycles. The van der Waals surface area contributed by atoms with Crippen LogP contribution < -0.4 is 11.5 Å². The number of nitrogen functional groups attached to an aromatic ring is 1. The number of nitrogens with two attached hydrogens (primary N) is 2. The predicted molar refractivity (Wildman–Crippen MR) is 58.9 cm³/mol. The molecule has 76 valence electrons. The number of fused-ring (bicyclic) bond motifs is 1. The Labute approximate surface area is 84.7 Å². The first-order valence-corrected chi connectivity index (χ1v) is 5.10. The van der Waals surface area contributed by atoms with Gasteiger partial charge in [-0.15, -0.1) is 0 Å². The quantitative estimate of drug-likeness (QED) is 0.673. The van der Waals surface area contributed by atoms with E-state index in [4.69, 9.17) is 11.5 Å². The molecule has 3 nitrogen and oxygen atoms in total. The second kappa shape index (κ2) is 3.98. The molecule has 4 N–H and O–H groups in total. The van der Waals surface area contributed by atoms with Gasteiger partial charge in [0, 0.05) is 31.9 Å². The summed E-state index contributed by atoms with van der Waals surface area (Å²) in [6.07, 6.45) is 1.06. The fourth-order valence-electron chi connectivity index (χ4n) is 2.07. The van der Waals surface area contributed by atoms with E-state index in [1.165, 1.54) is 11.1 Å². The lowest BCUT2D eigenvalue weighted by molar-refractivity contribution is 0.262. The van der Waals surface area contributed by atoms with Crippen molar-refractivity contribution in [1.82, 2.24) is 4.90 Å². The molecule has 0 amide bonds. The van der Waals surface area contributed by atoms with Crippen LogP contribution in [0.4, 0.5) is 5.69 Å². The highest BCUT2D eigenvalue weighted by Gasteiger charge is 2.16. The van der Waals surface area contributed by atoms with Crippen LogP contribution in [0.2, 0.25) is 0 Å². The molecular formula is C11H17N3. The van der Waals surface area contributed by atoms with E-state index in [0.29, 0.717) is 0 Å². The van der Waals surface area contributed by atoms with Crippen LogP contribution in [-0.4, -0.2) is 24.5 Å². The summed E-state index contributed by atoms with van der Waals surface area (Å²) in [6.45, 7) is 3.79. The van der Waals surface area contributed by atoms with E-state index in [9.17, 15) is 0 Å². The molecule has 1 aliphatic rings. The molecule has 1 heterocycles. The highest BCUT2D eigenvalue weighted by Crippen LogP contribution is 2.23. The number of rotatable bonds is 2. The zero-order valence-corrected chi connectivity index (χ0v) is 8.37. The molecule has 0 radical (unpaired) electrons. The van der Waals surface area contributed by atoms with Gasteiger partial charge in [-0.3, -0.25) is 4.90 Å². The fourth-order valence-corrected chi connectivity index (χ4v) is 2.07. The summed E-state index contributed by atoms with van der Waals surface area (Å²) in [7, 11) is 0. The van der Waals surface area contributed by atoms with Crippen molar-refractivity contribution in [3.63, 3.8) is 0 Å². The van der Waals surface area contributed by atoms with E-state index < -0.39 is 0 Å². The molecule has 1 aromatic rings. The Kier molecular flexibility index (Phi) is 2.70. The zero-order valence-electron chi connectivity index (χ0n) is 8.37. The zero-order chi connectivity index (χ0) is 9.97. The van der Waals surface area contributed by atoms with Gasteiger partial charge in [0.15, 0.2) is 0 Å². The first kappa shape index (κ1) is 9.49. The van der Waals surface area contributed by atoms with Gasteiger partial charge < -0.3 is 11.5 Å². The maximum Gasteiger partial charge on any atom is 0.0350 e. The minimum absolute atomic E-state index is 0.734. The normalized spacial score (nSPS) is 16.6. The third-order valence-corrected chi connectivity index (χ3v) is 2.83. The van der Waals surface area contributed by atoms with Gasteiger partial charge in [-0.2, -0.15) is 0 Å². The van der Waals surface area contributed by atoms with Crippen LogP contribution >= 0.6 is 0 Å². The largest absolute Gasteiger partial charge is 0.398 e. The van der Waals surface area contributed by atoms with Gasteiger partial charge in [-0.1, -0.05) is 12.1 Å². The van der Waals surface area contributed by atoms with E-state index in [1.54, 1.807) is 0 Å². The fraction of sp³-hybridized carbons (Fsp3) is 0.455. The summed E-state index contributed by atoms with van der Waals surface area (Å²) < 4.78 is 0. The molecule has 0 atom stereocenters. The Morgan fingerprint density at radius 3 is 3.00 bits per heavy atom. The van der Waals surface area contributed by atoms with Crippen molar-refractivity contribution in [3.8, 4) is 0 Å². The van der Waals surface area contributed by atoms with E-state index >= 15 is 0 Å². The minimum Gasteiger partial charge on any atom is -0.398 e. The number of nitrogens with zero attached hydrogens (tertiary/aromatic N) is 1.